The first-order chi connectivity index (χ1) is 7.36. The molecule has 90 valence electrons. The molecule has 0 fully saturated rings. The smallest absolute Gasteiger partial charge is 0.358 e. The first-order valence-corrected chi connectivity index (χ1v) is 5.14. The zero-order valence-corrected chi connectivity index (χ0v) is 9.32. The predicted octanol–water partition coefficient (Wildman–Crippen LogP) is 0.672. The summed E-state index contributed by atoms with van der Waals surface area (Å²) in [7, 11) is 2.65. The van der Waals surface area contributed by atoms with Gasteiger partial charge in [0.2, 0.25) is 11.7 Å². The van der Waals surface area contributed by atoms with Crippen LogP contribution in [0.1, 0.15) is 5.82 Å². The lowest BCUT2D eigenvalue weighted by molar-refractivity contribution is -0.147. The number of nitrogens with one attached hydrogen (secondary N) is 1. The molecule has 0 aliphatic heterocycles. The van der Waals surface area contributed by atoms with Crippen LogP contribution in [0.3, 0.4) is 0 Å². The van der Waals surface area contributed by atoms with Gasteiger partial charge in [0.25, 0.3) is 0 Å². The third kappa shape index (κ3) is 2.87. The van der Waals surface area contributed by atoms with E-state index in [0.717, 1.165) is 16.3 Å². The molecule has 0 aromatic carbocycles. The predicted molar refractivity (Wildman–Crippen MR) is 50.8 cm³/mol. The average Bonchev–Trinajstić information content (AvgIpc) is 2.55. The van der Waals surface area contributed by atoms with Crippen molar-refractivity contribution in [3.05, 3.63) is 5.82 Å². The van der Waals surface area contributed by atoms with Crippen molar-refractivity contribution in [2.24, 2.45) is 7.05 Å². The standard InChI is InChI=1S/C7H9F3N4OS/c1-11-4(15)3-16-6-13-12-5(14(6)2)7(8,9)10/h3H2,1-2H3,(H,11,15). The number of carbonyl (C=O) groups excluding carboxylic acids is 1. The lowest BCUT2D eigenvalue weighted by Crippen LogP contribution is -2.20. The van der Waals surface area contributed by atoms with Gasteiger partial charge in [0.15, 0.2) is 5.16 Å². The molecule has 0 spiro atoms. The van der Waals surface area contributed by atoms with Gasteiger partial charge in [-0.05, 0) is 0 Å². The van der Waals surface area contributed by atoms with Crippen molar-refractivity contribution < 1.29 is 18.0 Å². The minimum atomic E-state index is -4.53. The molecule has 1 N–H and O–H groups in total. The van der Waals surface area contributed by atoms with E-state index in [1.54, 1.807) is 0 Å². The summed E-state index contributed by atoms with van der Waals surface area (Å²) < 4.78 is 37.8. The number of amides is 1. The Morgan fingerprint density at radius 3 is 2.56 bits per heavy atom. The Bertz CT molecular complexity index is 389. The monoisotopic (exact) mass is 254 g/mol. The molecule has 1 rings (SSSR count). The quantitative estimate of drug-likeness (QED) is 0.805. The van der Waals surface area contributed by atoms with Crippen LogP contribution in [0.2, 0.25) is 0 Å². The molecule has 9 heteroatoms. The zero-order valence-electron chi connectivity index (χ0n) is 8.50. The summed E-state index contributed by atoms with van der Waals surface area (Å²) in [6, 6.07) is 0. The number of rotatable bonds is 3. The van der Waals surface area contributed by atoms with Gasteiger partial charge >= 0.3 is 6.18 Å². The van der Waals surface area contributed by atoms with Gasteiger partial charge in [-0.1, -0.05) is 11.8 Å². The van der Waals surface area contributed by atoms with Gasteiger partial charge in [-0.3, -0.25) is 4.79 Å². The van der Waals surface area contributed by atoms with Crippen molar-refractivity contribution in [1.29, 1.82) is 0 Å². The van der Waals surface area contributed by atoms with Crippen molar-refractivity contribution in [1.82, 2.24) is 20.1 Å². The summed E-state index contributed by atoms with van der Waals surface area (Å²) in [4.78, 5) is 10.9. The lowest BCUT2D eigenvalue weighted by Gasteiger charge is -2.05. The SMILES string of the molecule is CNC(=O)CSc1nnc(C(F)(F)F)n1C. The first-order valence-electron chi connectivity index (χ1n) is 4.16. The third-order valence-corrected chi connectivity index (χ3v) is 2.72. The van der Waals surface area contributed by atoms with Gasteiger partial charge in [-0.15, -0.1) is 10.2 Å². The number of alkyl halides is 3. The molecule has 1 aromatic heterocycles. The summed E-state index contributed by atoms with van der Waals surface area (Å²) in [5.41, 5.74) is 0. The van der Waals surface area contributed by atoms with E-state index in [9.17, 15) is 18.0 Å². The Balaban J connectivity index is 2.77. The molecule has 0 unspecified atom stereocenters. The van der Waals surface area contributed by atoms with E-state index < -0.39 is 12.0 Å². The van der Waals surface area contributed by atoms with E-state index in [-0.39, 0.29) is 16.8 Å². The molecule has 5 nitrogen and oxygen atoms in total. The highest BCUT2D eigenvalue weighted by Crippen LogP contribution is 2.29. The second-order valence-corrected chi connectivity index (χ2v) is 3.77. The van der Waals surface area contributed by atoms with Gasteiger partial charge in [-0.2, -0.15) is 13.2 Å². The molecule has 0 atom stereocenters. The second-order valence-electron chi connectivity index (χ2n) is 2.82. The Morgan fingerprint density at radius 1 is 1.50 bits per heavy atom. The molecule has 0 bridgehead atoms. The van der Waals surface area contributed by atoms with Gasteiger partial charge in [0, 0.05) is 14.1 Å². The minimum Gasteiger partial charge on any atom is -0.358 e. The fourth-order valence-corrected chi connectivity index (χ4v) is 1.67. The van der Waals surface area contributed by atoms with Crippen LogP contribution in [0.25, 0.3) is 0 Å². The molecular weight excluding hydrogens is 245 g/mol. The molecule has 0 aliphatic rings. The van der Waals surface area contributed by atoms with Crippen molar-refractivity contribution in [2.75, 3.05) is 12.8 Å². The Labute approximate surface area is 93.4 Å². The average molecular weight is 254 g/mol. The first kappa shape index (κ1) is 12.8. The molecule has 1 heterocycles. The fraction of sp³-hybridized carbons (Fsp3) is 0.571. The minimum absolute atomic E-state index is 0.000328. The van der Waals surface area contributed by atoms with Crippen molar-refractivity contribution in [3.63, 3.8) is 0 Å². The van der Waals surface area contributed by atoms with Gasteiger partial charge < -0.3 is 9.88 Å². The maximum Gasteiger partial charge on any atom is 0.451 e. The number of aromatic nitrogens is 3. The normalized spacial score (nSPS) is 11.6. The van der Waals surface area contributed by atoms with E-state index in [2.05, 4.69) is 15.5 Å². The Hall–Kier alpha value is -1.25. The van der Waals surface area contributed by atoms with Crippen LogP contribution < -0.4 is 5.32 Å². The summed E-state index contributed by atoms with van der Waals surface area (Å²) in [5.74, 6) is -1.37. The molecule has 16 heavy (non-hydrogen) atoms. The Morgan fingerprint density at radius 2 is 2.12 bits per heavy atom. The summed E-state index contributed by atoms with van der Waals surface area (Å²) >= 11 is 0.894. The fourth-order valence-electron chi connectivity index (χ4n) is 0.890. The van der Waals surface area contributed by atoms with E-state index >= 15 is 0 Å². The van der Waals surface area contributed by atoms with Crippen LogP contribution >= 0.6 is 11.8 Å². The molecule has 0 radical (unpaired) electrons. The van der Waals surface area contributed by atoms with Crippen LogP contribution in [0, 0.1) is 0 Å². The van der Waals surface area contributed by atoms with E-state index in [4.69, 9.17) is 0 Å². The highest BCUT2D eigenvalue weighted by Gasteiger charge is 2.37. The number of carbonyl (C=O) groups is 1. The number of nitrogens with zero attached hydrogens (tertiary/aromatic N) is 3. The topological polar surface area (TPSA) is 59.8 Å². The van der Waals surface area contributed by atoms with Crippen LogP contribution in [-0.4, -0.2) is 33.5 Å². The third-order valence-electron chi connectivity index (χ3n) is 1.70. The molecular formula is C7H9F3N4OS. The van der Waals surface area contributed by atoms with Crippen molar-refractivity contribution in [3.8, 4) is 0 Å². The highest BCUT2D eigenvalue weighted by molar-refractivity contribution is 7.99. The van der Waals surface area contributed by atoms with Crippen LogP contribution in [0.15, 0.2) is 5.16 Å². The van der Waals surface area contributed by atoms with Crippen LogP contribution in [0.5, 0.6) is 0 Å². The summed E-state index contributed by atoms with van der Waals surface area (Å²) in [5, 5.41) is 8.79. The second kappa shape index (κ2) is 4.73. The van der Waals surface area contributed by atoms with Crippen molar-refractivity contribution in [2.45, 2.75) is 11.3 Å². The lowest BCUT2D eigenvalue weighted by atomic mass is 10.6. The molecule has 0 saturated heterocycles. The maximum atomic E-state index is 12.3. The largest absolute Gasteiger partial charge is 0.451 e. The van der Waals surface area contributed by atoms with E-state index in [0.29, 0.717) is 0 Å². The van der Waals surface area contributed by atoms with Gasteiger partial charge in [0.05, 0.1) is 5.75 Å². The van der Waals surface area contributed by atoms with Crippen LogP contribution in [0.4, 0.5) is 13.2 Å². The van der Waals surface area contributed by atoms with Gasteiger partial charge in [-0.25, -0.2) is 0 Å². The molecule has 0 saturated carbocycles. The molecule has 1 amide bonds. The Kier molecular flexibility index (Phi) is 3.79. The number of halogens is 3. The summed E-state index contributed by atoms with van der Waals surface area (Å²) in [6.07, 6.45) is -4.53. The maximum absolute atomic E-state index is 12.3. The zero-order chi connectivity index (χ0) is 12.3. The van der Waals surface area contributed by atoms with E-state index in [1.165, 1.54) is 14.1 Å². The number of thioether (sulfide) groups is 1. The van der Waals surface area contributed by atoms with E-state index in [1.807, 2.05) is 0 Å². The summed E-state index contributed by atoms with van der Waals surface area (Å²) in [6.45, 7) is 0. The number of hydrogen-bond acceptors (Lipinski definition) is 4. The molecule has 1 aromatic rings. The van der Waals surface area contributed by atoms with Crippen LogP contribution in [-0.2, 0) is 18.0 Å². The molecule has 0 aliphatic carbocycles. The van der Waals surface area contributed by atoms with Gasteiger partial charge in [0.1, 0.15) is 0 Å². The van der Waals surface area contributed by atoms with Crippen molar-refractivity contribution >= 4 is 17.7 Å². The highest BCUT2D eigenvalue weighted by atomic mass is 32.2. The number of hydrogen-bond donors (Lipinski definition) is 1.